The van der Waals surface area contributed by atoms with Crippen LogP contribution in [0.25, 0.3) is 10.4 Å². The second-order valence-electron chi connectivity index (χ2n) is 3.65. The first-order valence-electron chi connectivity index (χ1n) is 5.20. The molecular weight excluding hydrogens is 222 g/mol. The summed E-state index contributed by atoms with van der Waals surface area (Å²) in [6.45, 7) is 1.51. The van der Waals surface area contributed by atoms with Crippen LogP contribution in [0, 0.1) is 6.92 Å². The summed E-state index contributed by atoms with van der Waals surface area (Å²) in [5, 5.41) is 21.8. The smallest absolute Gasteiger partial charge is 0.119 e. The summed E-state index contributed by atoms with van der Waals surface area (Å²) in [4.78, 5) is 2.54. The lowest BCUT2D eigenvalue weighted by Gasteiger charge is -2.16. The molecule has 1 rings (SSSR count). The molecule has 0 unspecified atom stereocenters. The molecule has 0 aliphatic rings. The molecule has 2 atom stereocenters. The first-order valence-corrected chi connectivity index (χ1v) is 5.20. The topological polar surface area (TPSA) is 98.5 Å². The lowest BCUT2D eigenvalue weighted by Crippen LogP contribution is -2.32. The van der Waals surface area contributed by atoms with E-state index in [9.17, 15) is 5.11 Å². The van der Waals surface area contributed by atoms with Gasteiger partial charge in [-0.15, -0.1) is 0 Å². The molecule has 0 aliphatic heterocycles. The zero-order valence-corrected chi connectivity index (χ0v) is 9.52. The molecule has 2 N–H and O–H groups in total. The highest BCUT2D eigenvalue weighted by molar-refractivity contribution is 5.26. The van der Waals surface area contributed by atoms with Crippen LogP contribution in [0.1, 0.15) is 5.56 Å². The van der Waals surface area contributed by atoms with Gasteiger partial charge in [0.2, 0.25) is 0 Å². The molecule has 17 heavy (non-hydrogen) atoms. The van der Waals surface area contributed by atoms with Crippen molar-refractivity contribution in [1.29, 1.82) is 0 Å². The Morgan fingerprint density at radius 3 is 2.59 bits per heavy atom. The van der Waals surface area contributed by atoms with Gasteiger partial charge in [-0.1, -0.05) is 22.8 Å². The SMILES string of the molecule is Cc1ccc(OC[C@@H](O)[C@H](CO)N=[N+]=[N-])cc1. The molecule has 92 valence electrons. The number of ether oxygens (including phenoxy) is 1. The molecule has 0 heterocycles. The molecule has 6 heteroatoms. The number of aryl methyl sites for hydroxylation is 1. The van der Waals surface area contributed by atoms with Crippen molar-refractivity contribution in [3.05, 3.63) is 40.3 Å². The van der Waals surface area contributed by atoms with Gasteiger partial charge in [-0.05, 0) is 24.6 Å². The summed E-state index contributed by atoms with van der Waals surface area (Å²) < 4.78 is 5.31. The molecule has 0 aromatic heterocycles. The maximum absolute atomic E-state index is 9.61. The Labute approximate surface area is 99.1 Å². The number of benzene rings is 1. The van der Waals surface area contributed by atoms with Crippen molar-refractivity contribution in [2.24, 2.45) is 5.11 Å². The van der Waals surface area contributed by atoms with Gasteiger partial charge in [0.15, 0.2) is 0 Å². The minimum absolute atomic E-state index is 0.0344. The first-order chi connectivity index (χ1) is 8.17. The monoisotopic (exact) mass is 237 g/mol. The molecule has 6 nitrogen and oxygen atoms in total. The number of aliphatic hydroxyl groups is 2. The summed E-state index contributed by atoms with van der Waals surface area (Å²) in [6.07, 6.45) is -1.03. The molecule has 0 bridgehead atoms. The standard InChI is InChI=1S/C11H15N3O3/c1-8-2-4-9(5-3-8)17-7-11(16)10(6-15)13-14-12/h2-5,10-11,15-16H,6-7H2,1H3/t10-,11+/m0/s1. The van der Waals surface area contributed by atoms with Crippen molar-refractivity contribution < 1.29 is 14.9 Å². The van der Waals surface area contributed by atoms with Crippen LogP contribution in [0.2, 0.25) is 0 Å². The number of aliphatic hydroxyl groups excluding tert-OH is 2. The largest absolute Gasteiger partial charge is 0.491 e. The third kappa shape index (κ3) is 4.32. The van der Waals surface area contributed by atoms with Gasteiger partial charge in [0.05, 0.1) is 18.8 Å². The highest BCUT2D eigenvalue weighted by atomic mass is 16.5. The molecular formula is C11H15N3O3. The fourth-order valence-corrected chi connectivity index (χ4v) is 1.23. The number of hydrogen-bond donors (Lipinski definition) is 2. The maximum Gasteiger partial charge on any atom is 0.119 e. The van der Waals surface area contributed by atoms with E-state index in [-0.39, 0.29) is 6.61 Å². The molecule has 0 saturated carbocycles. The lowest BCUT2D eigenvalue weighted by atomic mass is 10.2. The second-order valence-corrected chi connectivity index (χ2v) is 3.65. The summed E-state index contributed by atoms with van der Waals surface area (Å²) in [5.41, 5.74) is 9.34. The quantitative estimate of drug-likeness (QED) is 0.444. The Balaban J connectivity index is 2.49. The second kappa shape index (κ2) is 6.75. The van der Waals surface area contributed by atoms with Gasteiger partial charge in [-0.25, -0.2) is 0 Å². The highest BCUT2D eigenvalue weighted by Gasteiger charge is 2.17. The third-order valence-corrected chi connectivity index (χ3v) is 2.27. The normalized spacial score (nSPS) is 13.6. The average Bonchev–Trinajstić information content (AvgIpc) is 2.35. The first kappa shape index (κ1) is 13.3. The Kier molecular flexibility index (Phi) is 5.29. The Bertz CT molecular complexity index is 387. The van der Waals surface area contributed by atoms with Crippen LogP contribution < -0.4 is 4.74 Å². The predicted molar refractivity (Wildman–Crippen MR) is 62.7 cm³/mol. The molecule has 1 aromatic rings. The molecule has 0 saturated heterocycles. The maximum atomic E-state index is 9.61. The Hall–Kier alpha value is -1.75. The zero-order chi connectivity index (χ0) is 12.7. The van der Waals surface area contributed by atoms with Crippen LogP contribution in [0.3, 0.4) is 0 Å². The van der Waals surface area contributed by atoms with E-state index in [2.05, 4.69) is 10.0 Å². The van der Waals surface area contributed by atoms with E-state index in [0.29, 0.717) is 5.75 Å². The Morgan fingerprint density at radius 1 is 1.41 bits per heavy atom. The van der Waals surface area contributed by atoms with Crippen molar-refractivity contribution in [2.45, 2.75) is 19.1 Å². The van der Waals surface area contributed by atoms with Gasteiger partial charge in [0, 0.05) is 4.91 Å². The van der Waals surface area contributed by atoms with Gasteiger partial charge in [0.1, 0.15) is 12.4 Å². The van der Waals surface area contributed by atoms with Gasteiger partial charge in [-0.3, -0.25) is 0 Å². The molecule has 0 radical (unpaired) electrons. The van der Waals surface area contributed by atoms with Crippen molar-refractivity contribution in [1.82, 2.24) is 0 Å². The number of rotatable bonds is 6. The van der Waals surface area contributed by atoms with Crippen LogP contribution in [0.15, 0.2) is 29.4 Å². The van der Waals surface area contributed by atoms with Crippen molar-refractivity contribution >= 4 is 0 Å². The summed E-state index contributed by atoms with van der Waals surface area (Å²) in [5.74, 6) is 0.618. The van der Waals surface area contributed by atoms with Crippen molar-refractivity contribution in [3.8, 4) is 5.75 Å². The summed E-state index contributed by atoms with van der Waals surface area (Å²) in [7, 11) is 0. The fourth-order valence-electron chi connectivity index (χ4n) is 1.23. The van der Waals surface area contributed by atoms with Crippen molar-refractivity contribution in [2.75, 3.05) is 13.2 Å². The predicted octanol–water partition coefficient (Wildman–Crippen LogP) is 1.41. The highest BCUT2D eigenvalue weighted by Crippen LogP contribution is 2.12. The average molecular weight is 237 g/mol. The van der Waals surface area contributed by atoms with Gasteiger partial charge < -0.3 is 14.9 Å². The van der Waals surface area contributed by atoms with E-state index >= 15 is 0 Å². The molecule has 1 aromatic carbocycles. The zero-order valence-electron chi connectivity index (χ0n) is 9.52. The minimum Gasteiger partial charge on any atom is -0.491 e. The van der Waals surface area contributed by atoms with Crippen LogP contribution in [-0.4, -0.2) is 35.6 Å². The fraction of sp³-hybridized carbons (Fsp3) is 0.455. The lowest BCUT2D eigenvalue weighted by molar-refractivity contribution is 0.0642. The van der Waals surface area contributed by atoms with Crippen LogP contribution in [0.4, 0.5) is 0 Å². The molecule has 0 fully saturated rings. The van der Waals surface area contributed by atoms with Gasteiger partial charge in [-0.2, -0.15) is 0 Å². The summed E-state index contributed by atoms with van der Waals surface area (Å²) >= 11 is 0. The number of hydrogen-bond acceptors (Lipinski definition) is 4. The van der Waals surface area contributed by atoms with E-state index in [1.807, 2.05) is 19.1 Å². The van der Waals surface area contributed by atoms with Crippen LogP contribution >= 0.6 is 0 Å². The number of nitrogens with zero attached hydrogens (tertiary/aromatic N) is 3. The van der Waals surface area contributed by atoms with Crippen LogP contribution in [0.5, 0.6) is 5.75 Å². The third-order valence-electron chi connectivity index (χ3n) is 2.27. The van der Waals surface area contributed by atoms with E-state index in [0.717, 1.165) is 5.56 Å². The molecule has 0 spiro atoms. The van der Waals surface area contributed by atoms with E-state index in [1.54, 1.807) is 12.1 Å². The van der Waals surface area contributed by atoms with E-state index < -0.39 is 18.8 Å². The molecule has 0 aliphatic carbocycles. The van der Waals surface area contributed by atoms with E-state index in [1.165, 1.54) is 0 Å². The van der Waals surface area contributed by atoms with Crippen molar-refractivity contribution in [3.63, 3.8) is 0 Å². The van der Waals surface area contributed by atoms with Gasteiger partial charge >= 0.3 is 0 Å². The molecule has 0 amide bonds. The van der Waals surface area contributed by atoms with E-state index in [4.69, 9.17) is 15.4 Å². The van der Waals surface area contributed by atoms with Gasteiger partial charge in [0.25, 0.3) is 0 Å². The number of azide groups is 1. The minimum atomic E-state index is -1.03. The Morgan fingerprint density at radius 2 is 2.06 bits per heavy atom. The summed E-state index contributed by atoms with van der Waals surface area (Å²) in [6, 6.07) is 6.45. The van der Waals surface area contributed by atoms with Crippen LogP contribution in [-0.2, 0) is 0 Å².